The third-order valence-corrected chi connectivity index (χ3v) is 4.23. The second-order valence-electron chi connectivity index (χ2n) is 5.16. The van der Waals surface area contributed by atoms with E-state index < -0.39 is 4.92 Å². The number of nitro groups is 1. The zero-order valence-corrected chi connectivity index (χ0v) is 14.8. The third-order valence-electron chi connectivity index (χ3n) is 3.63. The molecular weight excluding hydrogens is 390 g/mol. The van der Waals surface area contributed by atoms with Crippen LogP contribution in [0.15, 0.2) is 46.0 Å². The van der Waals surface area contributed by atoms with Crippen molar-refractivity contribution in [3.8, 4) is 5.75 Å². The number of halogens is 1. The number of rotatable bonds is 5. The van der Waals surface area contributed by atoms with Gasteiger partial charge in [-0.3, -0.25) is 10.1 Å². The van der Waals surface area contributed by atoms with E-state index >= 15 is 0 Å². The summed E-state index contributed by atoms with van der Waals surface area (Å²) in [5.41, 5.74) is 4.70. The number of aryl methyl sites for hydroxylation is 1. The first-order valence-corrected chi connectivity index (χ1v) is 8.21. The topological polar surface area (TPSA) is 106 Å². The minimum Gasteiger partial charge on any atom is -0.506 e. The number of para-hydroxylation sites is 2. The molecule has 0 saturated heterocycles. The zero-order chi connectivity index (χ0) is 18.0. The van der Waals surface area contributed by atoms with Crippen molar-refractivity contribution in [2.45, 2.75) is 13.5 Å². The van der Waals surface area contributed by atoms with Gasteiger partial charge in [0.25, 0.3) is 5.69 Å². The number of anilines is 1. The van der Waals surface area contributed by atoms with Crippen molar-refractivity contribution in [2.75, 3.05) is 5.43 Å². The van der Waals surface area contributed by atoms with E-state index in [-0.39, 0.29) is 21.5 Å². The molecule has 1 heterocycles. The Labute approximate surface area is 151 Å². The highest BCUT2D eigenvalue weighted by molar-refractivity contribution is 9.10. The van der Waals surface area contributed by atoms with E-state index in [1.807, 2.05) is 35.8 Å². The number of hydrogen-bond acceptors (Lipinski definition) is 6. The molecule has 0 saturated carbocycles. The number of nitrogens with one attached hydrogen (secondary N) is 1. The number of phenolic OH excluding ortho intramolecular Hbond substituents is 1. The molecule has 0 unspecified atom stereocenters. The fourth-order valence-electron chi connectivity index (χ4n) is 2.45. The van der Waals surface area contributed by atoms with Crippen LogP contribution in [0.1, 0.15) is 12.5 Å². The van der Waals surface area contributed by atoms with Gasteiger partial charge >= 0.3 is 0 Å². The summed E-state index contributed by atoms with van der Waals surface area (Å²) in [5, 5.41) is 25.0. The molecule has 0 bridgehead atoms. The number of hydrogen-bond donors (Lipinski definition) is 2. The van der Waals surface area contributed by atoms with E-state index in [1.165, 1.54) is 18.3 Å². The third kappa shape index (κ3) is 3.31. The van der Waals surface area contributed by atoms with Gasteiger partial charge < -0.3 is 9.67 Å². The maximum Gasteiger partial charge on any atom is 0.271 e. The molecule has 0 aliphatic rings. The first kappa shape index (κ1) is 16.9. The summed E-state index contributed by atoms with van der Waals surface area (Å²) in [6.07, 6.45) is 1.31. The van der Waals surface area contributed by atoms with E-state index in [4.69, 9.17) is 0 Å². The summed E-state index contributed by atoms with van der Waals surface area (Å²) >= 11 is 3.10. The van der Waals surface area contributed by atoms with Crippen LogP contribution in [0.2, 0.25) is 0 Å². The van der Waals surface area contributed by atoms with Crippen molar-refractivity contribution >= 4 is 44.8 Å². The molecule has 3 rings (SSSR count). The van der Waals surface area contributed by atoms with Gasteiger partial charge in [0, 0.05) is 24.2 Å². The number of nitrogens with zero attached hydrogens (tertiary/aromatic N) is 4. The first-order valence-electron chi connectivity index (χ1n) is 7.42. The lowest BCUT2D eigenvalue weighted by molar-refractivity contribution is -0.385. The van der Waals surface area contributed by atoms with Crippen molar-refractivity contribution in [1.82, 2.24) is 9.55 Å². The Hall–Kier alpha value is -2.94. The van der Waals surface area contributed by atoms with Crippen LogP contribution < -0.4 is 5.43 Å². The molecule has 2 aromatic carbocycles. The van der Waals surface area contributed by atoms with Crippen LogP contribution in [0, 0.1) is 10.1 Å². The summed E-state index contributed by atoms with van der Waals surface area (Å²) in [4.78, 5) is 14.8. The van der Waals surface area contributed by atoms with E-state index in [0.717, 1.165) is 11.0 Å². The van der Waals surface area contributed by atoms with Crippen LogP contribution in [0.3, 0.4) is 0 Å². The van der Waals surface area contributed by atoms with E-state index in [9.17, 15) is 15.2 Å². The van der Waals surface area contributed by atoms with Gasteiger partial charge in [0.15, 0.2) is 0 Å². The van der Waals surface area contributed by atoms with Crippen LogP contribution in [0.4, 0.5) is 11.6 Å². The summed E-state index contributed by atoms with van der Waals surface area (Å²) in [5.74, 6) is 0.420. The van der Waals surface area contributed by atoms with Crippen LogP contribution in [0.25, 0.3) is 11.0 Å². The number of non-ortho nitro benzene ring substituents is 1. The monoisotopic (exact) mass is 403 g/mol. The standard InChI is InChI=1S/C16H14BrN5O3/c1-2-21-14-6-4-3-5-13(14)19-16(21)20-18-9-10-7-11(22(24)25)8-12(17)15(10)23/h3-9,23H,2H2,1H3,(H,19,20)/b18-9-. The second-order valence-corrected chi connectivity index (χ2v) is 6.02. The molecule has 1 aromatic heterocycles. The van der Waals surface area contributed by atoms with E-state index in [1.54, 1.807) is 0 Å². The van der Waals surface area contributed by atoms with Gasteiger partial charge in [-0.15, -0.1) is 0 Å². The molecule has 0 atom stereocenters. The average Bonchev–Trinajstić information content (AvgIpc) is 2.95. The Bertz CT molecular complexity index is 983. The lowest BCUT2D eigenvalue weighted by Crippen LogP contribution is -2.02. The molecule has 0 aliphatic heterocycles. The molecule has 0 spiro atoms. The molecule has 0 amide bonds. The molecule has 2 N–H and O–H groups in total. The smallest absolute Gasteiger partial charge is 0.271 e. The number of nitro benzene ring substituents is 1. The van der Waals surface area contributed by atoms with Crippen molar-refractivity contribution in [1.29, 1.82) is 0 Å². The molecule has 128 valence electrons. The van der Waals surface area contributed by atoms with Gasteiger partial charge in [-0.25, -0.2) is 10.4 Å². The SMILES string of the molecule is CCn1c(N/N=C\c2cc([N+](=O)[O-])cc(Br)c2O)nc2ccccc21. The number of aromatic nitrogens is 2. The number of aromatic hydroxyl groups is 1. The number of hydrazone groups is 1. The Balaban J connectivity index is 1.90. The summed E-state index contributed by atoms with van der Waals surface area (Å²) in [6, 6.07) is 10.2. The fourth-order valence-corrected chi connectivity index (χ4v) is 2.91. The summed E-state index contributed by atoms with van der Waals surface area (Å²) in [7, 11) is 0. The van der Waals surface area contributed by atoms with Gasteiger partial charge in [0.1, 0.15) is 5.75 Å². The van der Waals surface area contributed by atoms with Gasteiger partial charge in [-0.05, 0) is 35.0 Å². The molecule has 0 aliphatic carbocycles. The number of phenols is 1. The summed E-state index contributed by atoms with van der Waals surface area (Å²) in [6.45, 7) is 2.69. The Morgan fingerprint density at radius 1 is 1.44 bits per heavy atom. The maximum atomic E-state index is 10.9. The van der Waals surface area contributed by atoms with Gasteiger partial charge in [0.05, 0.1) is 26.6 Å². The molecule has 8 nitrogen and oxygen atoms in total. The lowest BCUT2D eigenvalue weighted by atomic mass is 10.2. The first-order chi connectivity index (χ1) is 12.0. The Kier molecular flexibility index (Phi) is 4.66. The zero-order valence-electron chi connectivity index (χ0n) is 13.2. The Morgan fingerprint density at radius 3 is 2.92 bits per heavy atom. The molecule has 3 aromatic rings. The molecular formula is C16H14BrN5O3. The van der Waals surface area contributed by atoms with Crippen LogP contribution in [0.5, 0.6) is 5.75 Å². The second kappa shape index (κ2) is 6.89. The highest BCUT2D eigenvalue weighted by Gasteiger charge is 2.14. The largest absolute Gasteiger partial charge is 0.506 e. The highest BCUT2D eigenvalue weighted by Crippen LogP contribution is 2.31. The fraction of sp³-hybridized carbons (Fsp3) is 0.125. The lowest BCUT2D eigenvalue weighted by Gasteiger charge is -2.05. The molecule has 0 radical (unpaired) electrons. The van der Waals surface area contributed by atoms with Gasteiger partial charge in [0.2, 0.25) is 5.95 Å². The van der Waals surface area contributed by atoms with Crippen LogP contribution >= 0.6 is 15.9 Å². The normalized spacial score (nSPS) is 11.3. The van der Waals surface area contributed by atoms with E-state index in [2.05, 4.69) is 31.4 Å². The average molecular weight is 404 g/mol. The Morgan fingerprint density at radius 2 is 2.20 bits per heavy atom. The number of fused-ring (bicyclic) bond motifs is 1. The minimum atomic E-state index is -0.536. The van der Waals surface area contributed by atoms with Crippen molar-refractivity contribution in [3.63, 3.8) is 0 Å². The van der Waals surface area contributed by atoms with Crippen molar-refractivity contribution in [2.24, 2.45) is 5.10 Å². The number of imidazole rings is 1. The quantitative estimate of drug-likeness (QED) is 0.382. The highest BCUT2D eigenvalue weighted by atomic mass is 79.9. The number of benzene rings is 2. The molecule has 9 heteroatoms. The maximum absolute atomic E-state index is 10.9. The van der Waals surface area contributed by atoms with Crippen LogP contribution in [-0.2, 0) is 6.54 Å². The van der Waals surface area contributed by atoms with Crippen LogP contribution in [-0.4, -0.2) is 25.8 Å². The van der Waals surface area contributed by atoms with Gasteiger partial charge in [-0.1, -0.05) is 12.1 Å². The predicted octanol–water partition coefficient (Wildman–Crippen LogP) is 3.88. The van der Waals surface area contributed by atoms with Gasteiger partial charge in [-0.2, -0.15) is 5.10 Å². The summed E-state index contributed by atoms with van der Waals surface area (Å²) < 4.78 is 2.18. The molecule has 25 heavy (non-hydrogen) atoms. The molecule has 0 fully saturated rings. The predicted molar refractivity (Wildman–Crippen MR) is 99.1 cm³/mol. The van der Waals surface area contributed by atoms with Crippen molar-refractivity contribution in [3.05, 3.63) is 56.5 Å². The van der Waals surface area contributed by atoms with Crippen molar-refractivity contribution < 1.29 is 10.0 Å². The van der Waals surface area contributed by atoms with E-state index in [0.29, 0.717) is 12.5 Å². The minimum absolute atomic E-state index is 0.125.